The Morgan fingerprint density at radius 2 is 2.06 bits per heavy atom. The number of hydrogen-bond acceptors (Lipinski definition) is 4. The first-order valence-corrected chi connectivity index (χ1v) is 5.75. The minimum Gasteiger partial charge on any atom is -1.00 e. The first-order chi connectivity index (χ1) is 7.46. The maximum Gasteiger partial charge on any atom is 1.00 e. The van der Waals surface area contributed by atoms with Crippen LogP contribution >= 0.6 is 0 Å². The summed E-state index contributed by atoms with van der Waals surface area (Å²) in [5, 5.41) is 0. The zero-order valence-corrected chi connectivity index (χ0v) is 12.1. The van der Waals surface area contributed by atoms with Gasteiger partial charge in [0.1, 0.15) is 11.5 Å². The second-order valence-corrected chi connectivity index (χ2v) is 4.25. The van der Waals surface area contributed by atoms with Crippen LogP contribution in [0.4, 0.5) is 0 Å². The van der Waals surface area contributed by atoms with Gasteiger partial charge < -0.3 is 6.16 Å². The second kappa shape index (κ2) is 6.93. The van der Waals surface area contributed by atoms with E-state index in [2.05, 4.69) is 11.3 Å². The van der Waals surface area contributed by atoms with Crippen molar-refractivity contribution in [1.82, 2.24) is 0 Å². The molecule has 0 saturated heterocycles. The fourth-order valence-corrected chi connectivity index (χ4v) is 1.75. The van der Waals surface area contributed by atoms with Crippen molar-refractivity contribution in [3.8, 4) is 0 Å². The Morgan fingerprint density at radius 3 is 2.59 bits per heavy atom. The first-order valence-electron chi connectivity index (χ1n) is 4.31. The van der Waals surface area contributed by atoms with Gasteiger partial charge in [-0.25, -0.2) is 4.79 Å². The smallest absolute Gasteiger partial charge is 1.00 e. The number of carbonyl (C=O) groups excluding carboxylic acids is 1. The molecular formula is C10H11NaO5S. The number of carbonyl (C=O) groups is 1. The third-order valence-electron chi connectivity index (χ3n) is 1.72. The summed E-state index contributed by atoms with van der Waals surface area (Å²) >= 11 is 0. The number of ether oxygens (including phenoxy) is 1. The quantitative estimate of drug-likeness (QED) is 0.307. The molecule has 0 fully saturated rings. The molecule has 0 atom stereocenters. The van der Waals surface area contributed by atoms with Crippen molar-refractivity contribution in [2.75, 3.05) is 6.61 Å². The van der Waals surface area contributed by atoms with Gasteiger partial charge in [0.25, 0.3) is 10.1 Å². The minimum absolute atomic E-state index is 0. The molecule has 0 aliphatic carbocycles. The van der Waals surface area contributed by atoms with Crippen LogP contribution in [0.15, 0.2) is 41.8 Å². The average molecular weight is 266 g/mol. The van der Waals surface area contributed by atoms with Crippen LogP contribution in [0, 0.1) is 0 Å². The molecule has 0 radical (unpaired) electrons. The monoisotopic (exact) mass is 266 g/mol. The molecule has 0 aliphatic rings. The van der Waals surface area contributed by atoms with Gasteiger partial charge in [0.2, 0.25) is 0 Å². The third-order valence-corrected chi connectivity index (χ3v) is 2.63. The van der Waals surface area contributed by atoms with E-state index in [9.17, 15) is 13.2 Å². The first kappa shape index (κ1) is 16.3. The van der Waals surface area contributed by atoms with Crippen LogP contribution in [0.5, 0.6) is 0 Å². The van der Waals surface area contributed by atoms with Crippen molar-refractivity contribution < 1.29 is 53.5 Å². The predicted octanol–water partition coefficient (Wildman–Crippen LogP) is -1.61. The molecule has 0 amide bonds. The molecule has 0 aromatic heterocycles. The summed E-state index contributed by atoms with van der Waals surface area (Å²) in [6.07, 6.45) is 1.36. The molecule has 17 heavy (non-hydrogen) atoms. The molecule has 1 aromatic carbocycles. The Balaban J connectivity index is 0. The van der Waals surface area contributed by atoms with E-state index >= 15 is 0 Å². The van der Waals surface area contributed by atoms with E-state index in [0.29, 0.717) is 0 Å². The van der Waals surface area contributed by atoms with Crippen molar-refractivity contribution in [2.24, 2.45) is 0 Å². The van der Waals surface area contributed by atoms with Gasteiger partial charge in [0, 0.05) is 0 Å². The van der Waals surface area contributed by atoms with E-state index in [-0.39, 0.29) is 43.2 Å². The molecule has 0 saturated carbocycles. The molecule has 5 nitrogen and oxygen atoms in total. The number of rotatable bonds is 4. The van der Waals surface area contributed by atoms with Gasteiger partial charge in [0.15, 0.2) is 0 Å². The zero-order valence-electron chi connectivity index (χ0n) is 10.3. The van der Waals surface area contributed by atoms with Crippen molar-refractivity contribution >= 4 is 16.1 Å². The van der Waals surface area contributed by atoms with Crippen LogP contribution in [0.3, 0.4) is 0 Å². The topological polar surface area (TPSA) is 80.7 Å². The molecule has 7 heteroatoms. The maximum atomic E-state index is 11.4. The number of hydrogen-bond donors (Lipinski definition) is 1. The molecule has 1 N–H and O–H groups in total. The van der Waals surface area contributed by atoms with Crippen LogP contribution in [0.2, 0.25) is 0 Å². The molecule has 0 heterocycles. The molecule has 1 aromatic rings. The van der Waals surface area contributed by atoms with E-state index in [4.69, 9.17) is 4.55 Å². The molecule has 0 aliphatic heterocycles. The summed E-state index contributed by atoms with van der Waals surface area (Å²) in [7, 11) is -4.43. The van der Waals surface area contributed by atoms with Crippen LogP contribution < -0.4 is 29.6 Å². The van der Waals surface area contributed by atoms with Gasteiger partial charge in [-0.15, -0.1) is 0 Å². The third kappa shape index (κ3) is 4.61. The number of benzene rings is 1. The molecular weight excluding hydrogens is 255 g/mol. The minimum atomic E-state index is -4.43. The van der Waals surface area contributed by atoms with Gasteiger partial charge in [-0.1, -0.05) is 24.8 Å². The van der Waals surface area contributed by atoms with Gasteiger partial charge >= 0.3 is 35.5 Å². The zero-order chi connectivity index (χ0) is 12.2. The van der Waals surface area contributed by atoms with Crippen molar-refractivity contribution in [1.29, 1.82) is 0 Å². The molecule has 0 bridgehead atoms. The molecule has 88 valence electrons. The van der Waals surface area contributed by atoms with Gasteiger partial charge in [-0.2, -0.15) is 8.42 Å². The van der Waals surface area contributed by atoms with Crippen molar-refractivity contribution in [3.05, 3.63) is 42.5 Å². The Bertz CT molecular complexity index is 515. The Hall–Kier alpha value is -0.660. The van der Waals surface area contributed by atoms with Gasteiger partial charge in [-0.3, -0.25) is 4.55 Å². The summed E-state index contributed by atoms with van der Waals surface area (Å²) in [5.41, 5.74) is -0.202. The molecule has 1 rings (SSSR count). The Labute approximate surface area is 123 Å². The summed E-state index contributed by atoms with van der Waals surface area (Å²) in [5.74, 6) is -0.826. The van der Waals surface area contributed by atoms with Gasteiger partial charge in [-0.05, 0) is 12.1 Å². The normalized spacial score (nSPS) is 10.2. The van der Waals surface area contributed by atoms with Crippen LogP contribution in [0.1, 0.15) is 11.8 Å². The van der Waals surface area contributed by atoms with Gasteiger partial charge in [0.05, 0.1) is 5.56 Å². The van der Waals surface area contributed by atoms with E-state index in [1.165, 1.54) is 24.3 Å². The van der Waals surface area contributed by atoms with Crippen molar-refractivity contribution in [3.63, 3.8) is 0 Å². The summed E-state index contributed by atoms with van der Waals surface area (Å²) in [4.78, 5) is 11.0. The SMILES string of the molecule is C=CCOC(=O)c1ccccc1S(=O)(=O)O.[H-].[Na+]. The maximum absolute atomic E-state index is 11.4. The summed E-state index contributed by atoms with van der Waals surface area (Å²) < 4.78 is 35.5. The molecule has 0 spiro atoms. The van der Waals surface area contributed by atoms with E-state index in [0.717, 1.165) is 6.07 Å². The second-order valence-electron chi connectivity index (χ2n) is 2.86. The van der Waals surface area contributed by atoms with Crippen LogP contribution in [-0.4, -0.2) is 25.5 Å². The Morgan fingerprint density at radius 1 is 1.47 bits per heavy atom. The summed E-state index contributed by atoms with van der Waals surface area (Å²) in [6, 6.07) is 5.25. The Kier molecular flexibility index (Phi) is 6.66. The van der Waals surface area contributed by atoms with Crippen LogP contribution in [0.25, 0.3) is 0 Å². The average Bonchev–Trinajstić information content (AvgIpc) is 2.24. The fraction of sp³-hybridized carbons (Fsp3) is 0.100. The van der Waals surface area contributed by atoms with Crippen molar-refractivity contribution in [2.45, 2.75) is 4.90 Å². The van der Waals surface area contributed by atoms with Crippen LogP contribution in [-0.2, 0) is 14.9 Å². The summed E-state index contributed by atoms with van der Waals surface area (Å²) in [6.45, 7) is 3.32. The standard InChI is InChI=1S/C10H10O5S.Na.H/c1-2-7-15-10(11)8-5-3-4-6-9(8)16(12,13)14;;/h2-6H,1,7H2,(H,12,13,14);;/q;+1;-1. The van der Waals surface area contributed by atoms with E-state index in [1.807, 2.05) is 0 Å². The number of esters is 1. The fourth-order valence-electron chi connectivity index (χ4n) is 1.07. The molecule has 0 unspecified atom stereocenters. The predicted molar refractivity (Wildman–Crippen MR) is 57.8 cm³/mol. The largest absolute Gasteiger partial charge is 1.00 e. The van der Waals surface area contributed by atoms with E-state index in [1.54, 1.807) is 0 Å². The van der Waals surface area contributed by atoms with E-state index < -0.39 is 21.0 Å².